The van der Waals surface area contributed by atoms with Crippen molar-refractivity contribution >= 4 is 26.9 Å². The number of rotatable bonds is 4. The molecular formula is C18H18N6O2S. The van der Waals surface area contributed by atoms with E-state index in [-0.39, 0.29) is 16.5 Å². The minimum Gasteiger partial charge on any atom is -0.355 e. The Morgan fingerprint density at radius 3 is 2.93 bits per heavy atom. The number of nitrogens with one attached hydrogen (secondary N) is 1. The van der Waals surface area contributed by atoms with Crippen molar-refractivity contribution in [2.75, 3.05) is 25.0 Å². The Bertz CT molecular complexity index is 1130. The number of hydrogen-bond donors (Lipinski definition) is 1. The maximum absolute atomic E-state index is 13.0. The second-order valence-corrected chi connectivity index (χ2v) is 8.37. The molecule has 1 fully saturated rings. The summed E-state index contributed by atoms with van der Waals surface area (Å²) < 4.78 is 27.5. The predicted octanol–water partition coefficient (Wildman–Crippen LogP) is 1.73. The second kappa shape index (κ2) is 6.64. The standard InChI is InChI=1S/C18H18N6O2S/c1-23(18-15-6-8-20-17(15)21-12-22-18)14-7-9-24(11-14)27(25,26)16-5-3-2-4-13(16)10-19/h2-6,8,12,14H,7,9,11H2,1H3,(H,20,21,22). The lowest BCUT2D eigenvalue weighted by Crippen LogP contribution is -2.37. The molecule has 0 radical (unpaired) electrons. The lowest BCUT2D eigenvalue weighted by Gasteiger charge is -2.26. The molecule has 1 saturated heterocycles. The maximum atomic E-state index is 13.0. The molecule has 3 heterocycles. The van der Waals surface area contributed by atoms with Gasteiger partial charge >= 0.3 is 0 Å². The Labute approximate surface area is 157 Å². The van der Waals surface area contributed by atoms with Crippen molar-refractivity contribution in [3.05, 3.63) is 48.4 Å². The number of anilines is 1. The average Bonchev–Trinajstić information content (AvgIpc) is 3.36. The molecule has 9 heteroatoms. The van der Waals surface area contributed by atoms with Crippen molar-refractivity contribution < 1.29 is 8.42 Å². The van der Waals surface area contributed by atoms with Crippen molar-refractivity contribution in [1.29, 1.82) is 5.26 Å². The fraction of sp³-hybridized carbons (Fsp3) is 0.278. The molecule has 27 heavy (non-hydrogen) atoms. The number of fused-ring (bicyclic) bond motifs is 1. The van der Waals surface area contributed by atoms with Crippen LogP contribution in [0.15, 0.2) is 47.8 Å². The first-order valence-corrected chi connectivity index (χ1v) is 9.96. The fourth-order valence-corrected chi connectivity index (χ4v) is 5.12. The van der Waals surface area contributed by atoms with E-state index in [4.69, 9.17) is 0 Å². The van der Waals surface area contributed by atoms with Gasteiger partial charge in [-0.3, -0.25) is 0 Å². The normalized spacial score (nSPS) is 17.9. The molecule has 4 rings (SSSR count). The minimum atomic E-state index is -3.72. The number of likely N-dealkylation sites (N-methyl/N-ethyl adjacent to an activating group) is 1. The third-order valence-corrected chi connectivity index (χ3v) is 6.89. The van der Waals surface area contributed by atoms with E-state index >= 15 is 0 Å². The van der Waals surface area contributed by atoms with E-state index in [0.29, 0.717) is 19.5 Å². The van der Waals surface area contributed by atoms with E-state index < -0.39 is 10.0 Å². The molecule has 2 aromatic heterocycles. The van der Waals surface area contributed by atoms with Gasteiger partial charge in [0.05, 0.1) is 15.8 Å². The van der Waals surface area contributed by atoms with Gasteiger partial charge in [0, 0.05) is 32.4 Å². The van der Waals surface area contributed by atoms with E-state index in [1.807, 2.05) is 24.1 Å². The molecule has 138 valence electrons. The zero-order valence-corrected chi connectivity index (χ0v) is 15.5. The Balaban J connectivity index is 1.60. The number of benzene rings is 1. The molecule has 1 aliphatic heterocycles. The quantitative estimate of drug-likeness (QED) is 0.737. The molecule has 3 aromatic rings. The van der Waals surface area contributed by atoms with Crippen molar-refractivity contribution in [1.82, 2.24) is 19.3 Å². The lowest BCUT2D eigenvalue weighted by atomic mass is 10.2. The number of H-pyrrole nitrogens is 1. The van der Waals surface area contributed by atoms with Gasteiger partial charge in [0.2, 0.25) is 10.0 Å². The van der Waals surface area contributed by atoms with Gasteiger partial charge in [0.25, 0.3) is 0 Å². The number of aromatic nitrogens is 3. The first-order valence-electron chi connectivity index (χ1n) is 8.52. The van der Waals surface area contributed by atoms with E-state index in [2.05, 4.69) is 15.0 Å². The van der Waals surface area contributed by atoms with Gasteiger partial charge in [0.15, 0.2) is 0 Å². The Morgan fingerprint density at radius 2 is 2.11 bits per heavy atom. The Hall–Kier alpha value is -2.96. The predicted molar refractivity (Wildman–Crippen MR) is 101 cm³/mol. The summed E-state index contributed by atoms with van der Waals surface area (Å²) in [6.45, 7) is 0.743. The van der Waals surface area contributed by atoms with Crippen LogP contribution in [0.3, 0.4) is 0 Å². The highest BCUT2D eigenvalue weighted by molar-refractivity contribution is 7.89. The van der Waals surface area contributed by atoms with E-state index in [1.54, 1.807) is 18.3 Å². The first kappa shape index (κ1) is 17.5. The van der Waals surface area contributed by atoms with E-state index in [1.165, 1.54) is 22.8 Å². The highest BCUT2D eigenvalue weighted by atomic mass is 32.2. The van der Waals surface area contributed by atoms with Crippen LogP contribution in [-0.4, -0.2) is 53.9 Å². The van der Waals surface area contributed by atoms with Crippen LogP contribution < -0.4 is 4.90 Å². The fourth-order valence-electron chi connectivity index (χ4n) is 3.48. The molecule has 1 N–H and O–H groups in total. The van der Waals surface area contributed by atoms with Gasteiger partial charge in [-0.15, -0.1) is 0 Å². The molecule has 0 spiro atoms. The summed E-state index contributed by atoms with van der Waals surface area (Å²) in [4.78, 5) is 13.7. The molecule has 1 atom stereocenters. The van der Waals surface area contributed by atoms with Crippen molar-refractivity contribution in [2.24, 2.45) is 0 Å². The van der Waals surface area contributed by atoms with Gasteiger partial charge in [-0.2, -0.15) is 9.57 Å². The number of nitrogens with zero attached hydrogens (tertiary/aromatic N) is 5. The van der Waals surface area contributed by atoms with Gasteiger partial charge in [-0.05, 0) is 24.6 Å². The number of nitriles is 1. The van der Waals surface area contributed by atoms with Crippen LogP contribution in [0.5, 0.6) is 0 Å². The van der Waals surface area contributed by atoms with Crippen molar-refractivity contribution in [3.8, 4) is 6.07 Å². The van der Waals surface area contributed by atoms with Gasteiger partial charge in [-0.25, -0.2) is 18.4 Å². The molecular weight excluding hydrogens is 364 g/mol. The van der Waals surface area contributed by atoms with Crippen LogP contribution >= 0.6 is 0 Å². The summed E-state index contributed by atoms with van der Waals surface area (Å²) in [5, 5.41) is 10.1. The molecule has 0 saturated carbocycles. The van der Waals surface area contributed by atoms with E-state index in [9.17, 15) is 13.7 Å². The highest BCUT2D eigenvalue weighted by Gasteiger charge is 2.36. The molecule has 0 amide bonds. The summed E-state index contributed by atoms with van der Waals surface area (Å²) in [5.41, 5.74) is 0.913. The van der Waals surface area contributed by atoms with Crippen LogP contribution in [0.25, 0.3) is 11.0 Å². The minimum absolute atomic E-state index is 0.0120. The van der Waals surface area contributed by atoms with Crippen LogP contribution in [0, 0.1) is 11.3 Å². The average molecular weight is 382 g/mol. The lowest BCUT2D eigenvalue weighted by molar-refractivity contribution is 0.470. The summed E-state index contributed by atoms with van der Waals surface area (Å²) in [5.74, 6) is 0.767. The van der Waals surface area contributed by atoms with Gasteiger partial charge < -0.3 is 9.88 Å². The smallest absolute Gasteiger partial charge is 0.244 e. The third-order valence-electron chi connectivity index (χ3n) is 4.97. The molecule has 1 unspecified atom stereocenters. The first-order chi connectivity index (χ1) is 13.0. The topological polar surface area (TPSA) is 106 Å². The molecule has 0 aliphatic carbocycles. The van der Waals surface area contributed by atoms with Gasteiger partial charge in [0.1, 0.15) is 23.9 Å². The molecule has 0 bridgehead atoms. The summed E-state index contributed by atoms with van der Waals surface area (Å²) in [6.07, 6.45) is 3.98. The molecule has 1 aromatic carbocycles. The number of aromatic amines is 1. The zero-order valence-electron chi connectivity index (χ0n) is 14.7. The Kier molecular flexibility index (Phi) is 4.30. The SMILES string of the molecule is CN(c1ncnc2[nH]ccc12)C1CCN(S(=O)(=O)c2ccccc2C#N)C1. The van der Waals surface area contributed by atoms with Crippen LogP contribution in [0.1, 0.15) is 12.0 Å². The highest BCUT2D eigenvalue weighted by Crippen LogP contribution is 2.29. The summed E-state index contributed by atoms with van der Waals surface area (Å²) in [7, 11) is -1.80. The van der Waals surface area contributed by atoms with E-state index in [0.717, 1.165) is 16.9 Å². The number of hydrogen-bond acceptors (Lipinski definition) is 6. The van der Waals surface area contributed by atoms with Crippen LogP contribution in [-0.2, 0) is 10.0 Å². The Morgan fingerprint density at radius 1 is 1.30 bits per heavy atom. The molecule has 1 aliphatic rings. The number of sulfonamides is 1. The monoisotopic (exact) mass is 382 g/mol. The third kappa shape index (κ3) is 2.93. The summed E-state index contributed by atoms with van der Waals surface area (Å²) in [6, 6.07) is 10.2. The zero-order chi connectivity index (χ0) is 19.0. The maximum Gasteiger partial charge on any atom is 0.244 e. The summed E-state index contributed by atoms with van der Waals surface area (Å²) >= 11 is 0. The van der Waals surface area contributed by atoms with Crippen LogP contribution in [0.2, 0.25) is 0 Å². The second-order valence-electron chi connectivity index (χ2n) is 6.46. The molecule has 8 nitrogen and oxygen atoms in total. The van der Waals surface area contributed by atoms with Crippen molar-refractivity contribution in [3.63, 3.8) is 0 Å². The van der Waals surface area contributed by atoms with Crippen molar-refractivity contribution in [2.45, 2.75) is 17.4 Å². The van der Waals surface area contributed by atoms with Gasteiger partial charge in [-0.1, -0.05) is 12.1 Å². The van der Waals surface area contributed by atoms with Crippen LogP contribution in [0.4, 0.5) is 5.82 Å². The largest absolute Gasteiger partial charge is 0.355 e.